The first-order chi connectivity index (χ1) is 12.6. The van der Waals surface area contributed by atoms with Gasteiger partial charge in [-0.2, -0.15) is 0 Å². The Morgan fingerprint density at radius 1 is 1.27 bits per heavy atom. The fraction of sp³-hybridized carbons (Fsp3) is 0.158. The quantitative estimate of drug-likeness (QED) is 0.549. The Balaban J connectivity index is 1.65. The summed E-state index contributed by atoms with van der Waals surface area (Å²) in [6.07, 6.45) is 1.72. The number of carbonyl (C=O) groups excluding carboxylic acids is 1. The molecule has 0 atom stereocenters. The maximum atomic E-state index is 12.8. The maximum Gasteiger partial charge on any atom is 0.253 e. The van der Waals surface area contributed by atoms with Crippen LogP contribution in [0.25, 0.3) is 22.4 Å². The first-order valence-corrected chi connectivity index (χ1v) is 8.97. The van der Waals surface area contributed by atoms with E-state index in [-0.39, 0.29) is 5.91 Å². The second kappa shape index (κ2) is 6.68. The second-order valence-electron chi connectivity index (χ2n) is 5.98. The molecule has 130 valence electrons. The number of hydrogen-bond acceptors (Lipinski definition) is 6. The van der Waals surface area contributed by atoms with Gasteiger partial charge in [0.1, 0.15) is 11.4 Å². The number of nitrogens with zero attached hydrogens (tertiary/aromatic N) is 4. The molecule has 4 aromatic rings. The van der Waals surface area contributed by atoms with E-state index in [1.807, 2.05) is 36.6 Å². The van der Waals surface area contributed by atoms with Crippen LogP contribution in [0.5, 0.6) is 0 Å². The third kappa shape index (κ3) is 3.09. The van der Waals surface area contributed by atoms with Crippen molar-refractivity contribution in [2.75, 3.05) is 7.05 Å². The lowest BCUT2D eigenvalue weighted by atomic mass is 10.1. The fourth-order valence-electron chi connectivity index (χ4n) is 2.76. The Morgan fingerprint density at radius 2 is 2.15 bits per heavy atom. The molecular weight excluding hydrogens is 348 g/mol. The van der Waals surface area contributed by atoms with Crippen LogP contribution in [-0.4, -0.2) is 33.0 Å². The number of aryl methyl sites for hydroxylation is 1. The number of hydrogen-bond donors (Lipinski definition) is 0. The molecule has 0 aliphatic heterocycles. The van der Waals surface area contributed by atoms with Crippen LogP contribution < -0.4 is 0 Å². The number of aromatic nitrogens is 3. The van der Waals surface area contributed by atoms with Gasteiger partial charge in [0.2, 0.25) is 0 Å². The summed E-state index contributed by atoms with van der Waals surface area (Å²) in [6.45, 7) is 2.39. The molecule has 0 saturated heterocycles. The van der Waals surface area contributed by atoms with Gasteiger partial charge in [-0.3, -0.25) is 9.78 Å². The third-order valence-corrected chi connectivity index (χ3v) is 4.82. The van der Waals surface area contributed by atoms with Gasteiger partial charge in [0.25, 0.3) is 5.91 Å². The predicted molar refractivity (Wildman–Crippen MR) is 99.9 cm³/mol. The minimum atomic E-state index is -0.0841. The van der Waals surface area contributed by atoms with E-state index in [1.165, 1.54) is 0 Å². The largest absolute Gasteiger partial charge is 0.356 e. The van der Waals surface area contributed by atoms with Crippen molar-refractivity contribution in [3.63, 3.8) is 0 Å². The Morgan fingerprint density at radius 3 is 2.88 bits per heavy atom. The lowest BCUT2D eigenvalue weighted by molar-refractivity contribution is 0.0783. The Hall–Kier alpha value is -3.06. The van der Waals surface area contributed by atoms with E-state index in [2.05, 4.69) is 15.1 Å². The van der Waals surface area contributed by atoms with Crippen LogP contribution in [0.2, 0.25) is 0 Å². The molecule has 4 rings (SSSR count). The summed E-state index contributed by atoms with van der Waals surface area (Å²) in [7, 11) is 1.76. The van der Waals surface area contributed by atoms with E-state index in [0.29, 0.717) is 23.4 Å². The molecule has 0 spiro atoms. The molecule has 0 radical (unpaired) electrons. The number of amides is 1. The van der Waals surface area contributed by atoms with E-state index >= 15 is 0 Å². The minimum Gasteiger partial charge on any atom is -0.356 e. The third-order valence-electron chi connectivity index (χ3n) is 4.05. The average Bonchev–Trinajstić information content (AvgIpc) is 3.27. The van der Waals surface area contributed by atoms with Crippen LogP contribution in [0.3, 0.4) is 0 Å². The van der Waals surface area contributed by atoms with Crippen LogP contribution >= 0.6 is 11.3 Å². The molecule has 0 N–H and O–H groups in total. The smallest absolute Gasteiger partial charge is 0.253 e. The van der Waals surface area contributed by atoms with E-state index < -0.39 is 0 Å². The highest BCUT2D eigenvalue weighted by Gasteiger charge is 2.18. The van der Waals surface area contributed by atoms with E-state index in [0.717, 1.165) is 21.8 Å². The fourth-order valence-corrected chi connectivity index (χ4v) is 3.35. The highest BCUT2D eigenvalue weighted by atomic mass is 32.1. The molecule has 0 fully saturated rings. The monoisotopic (exact) mass is 364 g/mol. The SMILES string of the molecule is Cc1nc(-c2noc3ccc(C(=O)N(C)Cc4ccccn4)cc23)cs1. The molecule has 3 heterocycles. The van der Waals surface area contributed by atoms with Crippen LogP contribution in [0, 0.1) is 6.92 Å². The Kier molecular flexibility index (Phi) is 4.22. The lowest BCUT2D eigenvalue weighted by Crippen LogP contribution is -2.26. The zero-order valence-corrected chi connectivity index (χ0v) is 15.2. The number of benzene rings is 1. The zero-order valence-electron chi connectivity index (χ0n) is 14.3. The molecule has 0 saturated carbocycles. The molecule has 1 aromatic carbocycles. The molecule has 1 amide bonds. The topological polar surface area (TPSA) is 72.1 Å². The number of pyridine rings is 1. The van der Waals surface area contributed by atoms with Crippen LogP contribution in [0.15, 0.2) is 52.5 Å². The number of thiazole rings is 1. The second-order valence-corrected chi connectivity index (χ2v) is 7.04. The standard InChI is InChI=1S/C19H16N4O2S/c1-12-21-16(11-26-12)18-15-9-13(6-7-17(15)25-22-18)19(24)23(2)10-14-5-3-4-8-20-14/h3-9,11H,10H2,1-2H3. The molecule has 3 aromatic heterocycles. The lowest BCUT2D eigenvalue weighted by Gasteiger charge is -2.16. The van der Waals surface area contributed by atoms with Crippen molar-refractivity contribution in [3.8, 4) is 11.4 Å². The minimum absolute atomic E-state index is 0.0841. The van der Waals surface area contributed by atoms with Crippen molar-refractivity contribution in [1.82, 2.24) is 20.0 Å². The predicted octanol–water partition coefficient (Wildman–Crippen LogP) is 3.93. The van der Waals surface area contributed by atoms with Gasteiger partial charge in [0.05, 0.1) is 22.6 Å². The molecular formula is C19H16N4O2S. The van der Waals surface area contributed by atoms with Crippen molar-refractivity contribution in [2.24, 2.45) is 0 Å². The Labute approximate surface area is 154 Å². The summed E-state index contributed by atoms with van der Waals surface area (Å²) in [4.78, 5) is 23.2. The van der Waals surface area contributed by atoms with Gasteiger partial charge in [-0.05, 0) is 37.3 Å². The average molecular weight is 364 g/mol. The summed E-state index contributed by atoms with van der Waals surface area (Å²) < 4.78 is 5.38. The summed E-state index contributed by atoms with van der Waals surface area (Å²) in [5.74, 6) is -0.0841. The van der Waals surface area contributed by atoms with Gasteiger partial charge in [0.15, 0.2) is 5.58 Å². The summed E-state index contributed by atoms with van der Waals surface area (Å²) >= 11 is 1.55. The van der Waals surface area contributed by atoms with Crippen molar-refractivity contribution in [3.05, 3.63) is 64.2 Å². The van der Waals surface area contributed by atoms with Crippen LogP contribution in [-0.2, 0) is 6.54 Å². The van der Waals surface area contributed by atoms with Gasteiger partial charge in [-0.1, -0.05) is 11.2 Å². The first-order valence-electron chi connectivity index (χ1n) is 8.09. The molecule has 6 nitrogen and oxygen atoms in total. The van der Waals surface area contributed by atoms with Crippen molar-refractivity contribution >= 4 is 28.2 Å². The summed E-state index contributed by atoms with van der Waals surface area (Å²) in [6, 6.07) is 11.0. The van der Waals surface area contributed by atoms with Gasteiger partial charge in [-0.15, -0.1) is 11.3 Å². The normalized spacial score (nSPS) is 11.0. The highest BCUT2D eigenvalue weighted by molar-refractivity contribution is 7.09. The van der Waals surface area contributed by atoms with Gasteiger partial charge < -0.3 is 9.42 Å². The summed E-state index contributed by atoms with van der Waals surface area (Å²) in [5.41, 5.74) is 3.47. The molecule has 0 aliphatic rings. The highest BCUT2D eigenvalue weighted by Crippen LogP contribution is 2.29. The van der Waals surface area contributed by atoms with E-state index in [4.69, 9.17) is 4.52 Å². The summed E-state index contributed by atoms with van der Waals surface area (Å²) in [5, 5.41) is 7.81. The van der Waals surface area contributed by atoms with E-state index in [1.54, 1.807) is 41.6 Å². The molecule has 7 heteroatoms. The van der Waals surface area contributed by atoms with Crippen molar-refractivity contribution in [2.45, 2.75) is 13.5 Å². The molecule has 26 heavy (non-hydrogen) atoms. The number of carbonyl (C=O) groups is 1. The Bertz CT molecular complexity index is 1070. The molecule has 0 unspecified atom stereocenters. The van der Waals surface area contributed by atoms with Crippen molar-refractivity contribution < 1.29 is 9.32 Å². The van der Waals surface area contributed by atoms with Gasteiger partial charge in [-0.25, -0.2) is 4.98 Å². The number of fused-ring (bicyclic) bond motifs is 1. The first kappa shape index (κ1) is 16.4. The molecule has 0 bridgehead atoms. The van der Waals surface area contributed by atoms with E-state index in [9.17, 15) is 4.79 Å². The molecule has 0 aliphatic carbocycles. The van der Waals surface area contributed by atoms with Crippen LogP contribution in [0.1, 0.15) is 21.1 Å². The van der Waals surface area contributed by atoms with Gasteiger partial charge >= 0.3 is 0 Å². The van der Waals surface area contributed by atoms with Crippen molar-refractivity contribution in [1.29, 1.82) is 0 Å². The number of rotatable bonds is 4. The van der Waals surface area contributed by atoms with Gasteiger partial charge in [0, 0.05) is 24.2 Å². The van der Waals surface area contributed by atoms with Crippen LogP contribution in [0.4, 0.5) is 0 Å². The maximum absolute atomic E-state index is 12.8. The zero-order chi connectivity index (χ0) is 18.1.